The van der Waals surface area contributed by atoms with Crippen molar-refractivity contribution in [1.29, 1.82) is 0 Å². The van der Waals surface area contributed by atoms with Crippen LogP contribution in [0.2, 0.25) is 0 Å². The molecule has 18 heavy (non-hydrogen) atoms. The second-order valence-electron chi connectivity index (χ2n) is 4.28. The van der Waals surface area contributed by atoms with E-state index in [1.54, 1.807) is 0 Å². The molecule has 0 bridgehead atoms. The molecule has 0 aromatic heterocycles. The highest BCUT2D eigenvalue weighted by atomic mass is 127. The minimum atomic E-state index is -0.185. The molecule has 0 N–H and O–H groups in total. The van der Waals surface area contributed by atoms with E-state index in [1.165, 1.54) is 26.8 Å². The number of aryl methyl sites for hydroxylation is 1. The van der Waals surface area contributed by atoms with Crippen LogP contribution in [0.5, 0.6) is 0 Å². The van der Waals surface area contributed by atoms with Crippen LogP contribution >= 0.6 is 38.5 Å². The Hall–Kier alpha value is -0.420. The molecule has 0 radical (unpaired) electrons. The van der Waals surface area contributed by atoms with Gasteiger partial charge in [-0.15, -0.1) is 0 Å². The molecular weight excluding hydrogens is 406 g/mol. The van der Waals surface area contributed by atoms with E-state index in [4.69, 9.17) is 0 Å². The molecule has 1 atom stereocenters. The van der Waals surface area contributed by atoms with Crippen LogP contribution in [0.1, 0.15) is 21.5 Å². The first kappa shape index (κ1) is 14.0. The van der Waals surface area contributed by atoms with Gasteiger partial charge < -0.3 is 0 Å². The zero-order valence-electron chi connectivity index (χ0n) is 9.96. The van der Waals surface area contributed by atoms with Crippen molar-refractivity contribution in [2.45, 2.75) is 18.2 Å². The summed E-state index contributed by atoms with van der Waals surface area (Å²) in [5, 5.41) is 0. The molecule has 2 aromatic carbocycles. The number of hydrogen-bond donors (Lipinski definition) is 0. The summed E-state index contributed by atoms with van der Waals surface area (Å²) in [5.74, 6) is -0.185. The van der Waals surface area contributed by atoms with E-state index in [0.29, 0.717) is 0 Å². The largest absolute Gasteiger partial charge is 0.207 e. The molecule has 2 rings (SSSR count). The standard InChI is InChI=1S/C15H13BrFI/c1-10-3-2-4-13(15(10)18)14(16)9-11-5-7-12(17)8-6-11/h2-8,14H,9H2,1H3. The van der Waals surface area contributed by atoms with Gasteiger partial charge in [0.05, 0.1) is 0 Å². The molecule has 0 aliphatic rings. The van der Waals surface area contributed by atoms with E-state index in [2.05, 4.69) is 63.6 Å². The van der Waals surface area contributed by atoms with Crippen molar-refractivity contribution in [2.24, 2.45) is 0 Å². The fourth-order valence-corrected chi connectivity index (χ4v) is 3.77. The molecule has 3 heteroatoms. The van der Waals surface area contributed by atoms with E-state index in [-0.39, 0.29) is 10.6 Å². The van der Waals surface area contributed by atoms with E-state index in [1.807, 2.05) is 12.1 Å². The summed E-state index contributed by atoms with van der Waals surface area (Å²) in [6.45, 7) is 2.11. The lowest BCUT2D eigenvalue weighted by Gasteiger charge is -2.14. The van der Waals surface area contributed by atoms with Crippen LogP contribution in [0.25, 0.3) is 0 Å². The van der Waals surface area contributed by atoms with Crippen LogP contribution in [0.4, 0.5) is 4.39 Å². The van der Waals surface area contributed by atoms with Gasteiger partial charge in [-0.1, -0.05) is 46.3 Å². The molecular formula is C15H13BrFI. The predicted molar refractivity (Wildman–Crippen MR) is 85.7 cm³/mol. The Kier molecular flexibility index (Phi) is 4.78. The van der Waals surface area contributed by atoms with Gasteiger partial charge in [-0.05, 0) is 64.8 Å². The van der Waals surface area contributed by atoms with Crippen molar-refractivity contribution in [3.63, 3.8) is 0 Å². The van der Waals surface area contributed by atoms with Gasteiger partial charge in [0.1, 0.15) is 5.82 Å². The summed E-state index contributed by atoms with van der Waals surface area (Å²) in [4.78, 5) is 0.259. The summed E-state index contributed by atoms with van der Waals surface area (Å²) in [6.07, 6.45) is 0.861. The van der Waals surface area contributed by atoms with Crippen LogP contribution in [-0.4, -0.2) is 0 Å². The zero-order valence-corrected chi connectivity index (χ0v) is 13.7. The van der Waals surface area contributed by atoms with Gasteiger partial charge >= 0.3 is 0 Å². The van der Waals surface area contributed by atoms with Gasteiger partial charge in [0.15, 0.2) is 0 Å². The maximum Gasteiger partial charge on any atom is 0.123 e. The molecule has 0 heterocycles. The quantitative estimate of drug-likeness (QED) is 0.461. The van der Waals surface area contributed by atoms with Crippen LogP contribution < -0.4 is 0 Å². The zero-order chi connectivity index (χ0) is 13.1. The normalized spacial score (nSPS) is 12.4. The van der Waals surface area contributed by atoms with Gasteiger partial charge in [0, 0.05) is 8.40 Å². The molecule has 0 aliphatic heterocycles. The Bertz CT molecular complexity index is 537. The number of rotatable bonds is 3. The second kappa shape index (κ2) is 6.15. The van der Waals surface area contributed by atoms with Crippen molar-refractivity contribution in [3.05, 3.63) is 68.5 Å². The summed E-state index contributed by atoms with van der Waals surface area (Å²) < 4.78 is 14.1. The predicted octanol–water partition coefficient (Wildman–Crippen LogP) is 5.42. The van der Waals surface area contributed by atoms with E-state index < -0.39 is 0 Å². The molecule has 1 unspecified atom stereocenters. The van der Waals surface area contributed by atoms with Gasteiger partial charge in [-0.25, -0.2) is 4.39 Å². The Morgan fingerprint density at radius 3 is 2.50 bits per heavy atom. The minimum absolute atomic E-state index is 0.185. The number of halogens is 3. The van der Waals surface area contributed by atoms with Crippen molar-refractivity contribution in [1.82, 2.24) is 0 Å². The third-order valence-corrected chi connectivity index (χ3v) is 5.18. The van der Waals surface area contributed by atoms with Crippen molar-refractivity contribution >= 4 is 38.5 Å². The van der Waals surface area contributed by atoms with Gasteiger partial charge in [-0.2, -0.15) is 0 Å². The number of alkyl halides is 1. The molecule has 0 fully saturated rings. The highest BCUT2D eigenvalue weighted by Crippen LogP contribution is 2.31. The average Bonchev–Trinajstić information content (AvgIpc) is 2.35. The Morgan fingerprint density at radius 2 is 1.83 bits per heavy atom. The van der Waals surface area contributed by atoms with Gasteiger partial charge in [0.25, 0.3) is 0 Å². The number of hydrogen-bond acceptors (Lipinski definition) is 0. The minimum Gasteiger partial charge on any atom is -0.207 e. The van der Waals surface area contributed by atoms with Crippen molar-refractivity contribution in [3.8, 4) is 0 Å². The highest BCUT2D eigenvalue weighted by molar-refractivity contribution is 14.1. The highest BCUT2D eigenvalue weighted by Gasteiger charge is 2.12. The van der Waals surface area contributed by atoms with E-state index in [9.17, 15) is 4.39 Å². The topological polar surface area (TPSA) is 0 Å². The first-order chi connectivity index (χ1) is 8.58. The lowest BCUT2D eigenvalue weighted by molar-refractivity contribution is 0.627. The van der Waals surface area contributed by atoms with Crippen LogP contribution in [0, 0.1) is 16.3 Å². The summed E-state index contributed by atoms with van der Waals surface area (Å²) in [7, 11) is 0. The summed E-state index contributed by atoms with van der Waals surface area (Å²) >= 11 is 6.11. The lowest BCUT2D eigenvalue weighted by Crippen LogP contribution is -1.99. The summed E-state index contributed by atoms with van der Waals surface area (Å²) in [6, 6.07) is 13.0. The Morgan fingerprint density at radius 1 is 1.17 bits per heavy atom. The molecule has 0 nitrogen and oxygen atoms in total. The Balaban J connectivity index is 2.19. The third kappa shape index (κ3) is 3.32. The van der Waals surface area contributed by atoms with E-state index in [0.717, 1.165) is 12.0 Å². The Labute approximate surface area is 129 Å². The third-order valence-electron chi connectivity index (χ3n) is 2.89. The maximum atomic E-state index is 12.9. The second-order valence-corrected chi connectivity index (χ2v) is 6.46. The summed E-state index contributed by atoms with van der Waals surface area (Å²) in [5.41, 5.74) is 3.71. The molecule has 0 amide bonds. The smallest absolute Gasteiger partial charge is 0.123 e. The molecule has 2 aromatic rings. The fourth-order valence-electron chi connectivity index (χ4n) is 1.85. The molecule has 0 aliphatic carbocycles. The monoisotopic (exact) mass is 418 g/mol. The van der Waals surface area contributed by atoms with Gasteiger partial charge in [0.2, 0.25) is 0 Å². The fraction of sp³-hybridized carbons (Fsp3) is 0.200. The molecule has 0 spiro atoms. The first-order valence-electron chi connectivity index (χ1n) is 5.71. The van der Waals surface area contributed by atoms with Crippen LogP contribution in [-0.2, 0) is 6.42 Å². The SMILES string of the molecule is Cc1cccc(C(Br)Cc2ccc(F)cc2)c1I. The first-order valence-corrected chi connectivity index (χ1v) is 7.71. The van der Waals surface area contributed by atoms with Gasteiger partial charge in [-0.3, -0.25) is 0 Å². The molecule has 0 saturated heterocycles. The van der Waals surface area contributed by atoms with Crippen LogP contribution in [0.15, 0.2) is 42.5 Å². The molecule has 94 valence electrons. The van der Waals surface area contributed by atoms with Crippen molar-refractivity contribution < 1.29 is 4.39 Å². The number of benzene rings is 2. The average molecular weight is 419 g/mol. The van der Waals surface area contributed by atoms with Crippen LogP contribution in [0.3, 0.4) is 0 Å². The van der Waals surface area contributed by atoms with Crippen molar-refractivity contribution in [2.75, 3.05) is 0 Å². The lowest BCUT2D eigenvalue weighted by atomic mass is 10.0. The van der Waals surface area contributed by atoms with E-state index >= 15 is 0 Å². The maximum absolute atomic E-state index is 12.9. The molecule has 0 saturated carbocycles.